The van der Waals surface area contributed by atoms with E-state index in [0.717, 1.165) is 24.4 Å². The first-order chi connectivity index (χ1) is 8.58. The van der Waals surface area contributed by atoms with Crippen molar-refractivity contribution in [3.8, 4) is 0 Å². The molecule has 1 aromatic rings. The highest BCUT2D eigenvalue weighted by Gasteiger charge is 2.40. The summed E-state index contributed by atoms with van der Waals surface area (Å²) >= 11 is 0. The lowest BCUT2D eigenvalue weighted by molar-refractivity contribution is 0.0484. The minimum Gasteiger partial charge on any atom is -0.384 e. The molecule has 0 amide bonds. The Morgan fingerprint density at radius 2 is 2.11 bits per heavy atom. The van der Waals surface area contributed by atoms with Gasteiger partial charge in [-0.25, -0.2) is 0 Å². The molecule has 98 valence electrons. The van der Waals surface area contributed by atoms with Crippen molar-refractivity contribution in [1.82, 2.24) is 4.90 Å². The number of rotatable bonds is 2. The van der Waals surface area contributed by atoms with E-state index in [1.54, 1.807) is 0 Å². The fraction of sp³-hybridized carbons (Fsp3) is 0.625. The molecule has 18 heavy (non-hydrogen) atoms. The molecule has 0 radical (unpaired) electrons. The standard InChI is InChI=1S/C16H23NO/c1-12-10-16(18,11-17(12)2)15-8-4-7-14(9-15)13-5-3-6-13/h4,7-9,12-13,18H,3,5-6,10-11H2,1-2H3. The van der Waals surface area contributed by atoms with Crippen molar-refractivity contribution in [2.45, 2.75) is 50.2 Å². The third kappa shape index (κ3) is 1.98. The van der Waals surface area contributed by atoms with E-state index >= 15 is 0 Å². The first-order valence-electron chi connectivity index (χ1n) is 7.11. The van der Waals surface area contributed by atoms with Crippen LogP contribution in [0.2, 0.25) is 0 Å². The molecular formula is C16H23NO. The highest BCUT2D eigenvalue weighted by molar-refractivity contribution is 5.32. The molecular weight excluding hydrogens is 222 g/mol. The zero-order valence-corrected chi connectivity index (χ0v) is 11.4. The Morgan fingerprint density at radius 3 is 2.67 bits per heavy atom. The minimum atomic E-state index is -0.645. The molecule has 0 bridgehead atoms. The van der Waals surface area contributed by atoms with Crippen LogP contribution < -0.4 is 0 Å². The van der Waals surface area contributed by atoms with Crippen molar-refractivity contribution in [3.05, 3.63) is 35.4 Å². The number of aliphatic hydroxyl groups is 1. The number of hydrogen-bond acceptors (Lipinski definition) is 2. The highest BCUT2D eigenvalue weighted by Crippen LogP contribution is 2.40. The lowest BCUT2D eigenvalue weighted by Gasteiger charge is -2.28. The van der Waals surface area contributed by atoms with Gasteiger partial charge in [-0.05, 0) is 50.3 Å². The van der Waals surface area contributed by atoms with E-state index in [2.05, 4.69) is 43.1 Å². The van der Waals surface area contributed by atoms with Gasteiger partial charge in [0.15, 0.2) is 0 Å². The molecule has 2 heteroatoms. The number of likely N-dealkylation sites (tertiary alicyclic amines) is 1. The second kappa shape index (κ2) is 4.36. The number of β-amino-alcohol motifs (C(OH)–C–C–N with tert-alkyl or cyclic N) is 1. The van der Waals surface area contributed by atoms with Crippen LogP contribution in [-0.2, 0) is 5.60 Å². The van der Waals surface area contributed by atoms with E-state index < -0.39 is 5.60 Å². The Bertz CT molecular complexity index is 428. The van der Waals surface area contributed by atoms with E-state index in [4.69, 9.17) is 0 Å². The van der Waals surface area contributed by atoms with E-state index in [0.29, 0.717) is 6.04 Å². The molecule has 2 fully saturated rings. The van der Waals surface area contributed by atoms with Crippen molar-refractivity contribution < 1.29 is 5.11 Å². The Balaban J connectivity index is 1.87. The Morgan fingerprint density at radius 1 is 1.33 bits per heavy atom. The van der Waals surface area contributed by atoms with Gasteiger partial charge >= 0.3 is 0 Å². The third-order valence-corrected chi connectivity index (χ3v) is 4.90. The lowest BCUT2D eigenvalue weighted by Crippen LogP contribution is -2.29. The second-order valence-electron chi connectivity index (χ2n) is 6.25. The molecule has 1 N–H and O–H groups in total. The summed E-state index contributed by atoms with van der Waals surface area (Å²) < 4.78 is 0. The first kappa shape index (κ1) is 12.2. The summed E-state index contributed by atoms with van der Waals surface area (Å²) in [7, 11) is 2.10. The summed E-state index contributed by atoms with van der Waals surface area (Å²) in [6.45, 7) is 2.94. The van der Waals surface area contributed by atoms with Crippen molar-refractivity contribution >= 4 is 0 Å². The van der Waals surface area contributed by atoms with Gasteiger partial charge in [-0.3, -0.25) is 0 Å². The third-order valence-electron chi connectivity index (χ3n) is 4.90. The molecule has 2 unspecified atom stereocenters. The van der Waals surface area contributed by atoms with Gasteiger partial charge in [-0.2, -0.15) is 0 Å². The fourth-order valence-corrected chi connectivity index (χ4v) is 3.31. The number of hydrogen-bond donors (Lipinski definition) is 1. The van der Waals surface area contributed by atoms with Crippen LogP contribution in [0.25, 0.3) is 0 Å². The Labute approximate surface area is 110 Å². The summed E-state index contributed by atoms with van der Waals surface area (Å²) in [5.74, 6) is 0.741. The van der Waals surface area contributed by atoms with Crippen LogP contribution in [-0.4, -0.2) is 29.6 Å². The second-order valence-corrected chi connectivity index (χ2v) is 6.25. The molecule has 3 rings (SSSR count). The fourth-order valence-electron chi connectivity index (χ4n) is 3.31. The average Bonchev–Trinajstić information content (AvgIpc) is 2.52. The van der Waals surface area contributed by atoms with Crippen LogP contribution in [0.15, 0.2) is 24.3 Å². The Hall–Kier alpha value is -0.860. The van der Waals surface area contributed by atoms with Crippen LogP contribution in [0.3, 0.4) is 0 Å². The molecule has 1 saturated carbocycles. The predicted molar refractivity (Wildman–Crippen MR) is 73.6 cm³/mol. The van der Waals surface area contributed by atoms with Crippen LogP contribution in [0.5, 0.6) is 0 Å². The molecule has 1 saturated heterocycles. The maximum atomic E-state index is 10.9. The van der Waals surface area contributed by atoms with Gasteiger partial charge in [0, 0.05) is 12.6 Å². The molecule has 2 aliphatic rings. The minimum absolute atomic E-state index is 0.461. The number of likely N-dealkylation sites (N-methyl/N-ethyl adjacent to an activating group) is 1. The van der Waals surface area contributed by atoms with Gasteiger partial charge in [-0.15, -0.1) is 0 Å². The van der Waals surface area contributed by atoms with Crippen LogP contribution >= 0.6 is 0 Å². The van der Waals surface area contributed by atoms with Gasteiger partial charge in [0.05, 0.1) is 0 Å². The summed E-state index contributed by atoms with van der Waals surface area (Å²) in [4.78, 5) is 2.25. The van der Waals surface area contributed by atoms with E-state index in [1.807, 2.05) is 0 Å². The zero-order chi connectivity index (χ0) is 12.8. The van der Waals surface area contributed by atoms with Gasteiger partial charge in [0.2, 0.25) is 0 Å². The maximum Gasteiger partial charge on any atom is 0.104 e. The molecule has 2 nitrogen and oxygen atoms in total. The molecule has 0 aromatic heterocycles. The lowest BCUT2D eigenvalue weighted by atomic mass is 9.78. The molecule has 1 heterocycles. The maximum absolute atomic E-state index is 10.9. The smallest absolute Gasteiger partial charge is 0.104 e. The molecule has 1 aliphatic heterocycles. The summed E-state index contributed by atoms with van der Waals surface area (Å²) in [5.41, 5.74) is 1.89. The largest absolute Gasteiger partial charge is 0.384 e. The van der Waals surface area contributed by atoms with E-state index in [-0.39, 0.29) is 0 Å². The quantitative estimate of drug-likeness (QED) is 0.866. The molecule has 2 atom stereocenters. The van der Waals surface area contributed by atoms with Crippen molar-refractivity contribution in [2.75, 3.05) is 13.6 Å². The summed E-state index contributed by atoms with van der Waals surface area (Å²) in [6.07, 6.45) is 4.84. The van der Waals surface area contributed by atoms with Crippen LogP contribution in [0.4, 0.5) is 0 Å². The summed E-state index contributed by atoms with van der Waals surface area (Å²) in [6, 6.07) is 9.13. The summed E-state index contributed by atoms with van der Waals surface area (Å²) in [5, 5.41) is 10.9. The average molecular weight is 245 g/mol. The van der Waals surface area contributed by atoms with Gasteiger partial charge in [0.1, 0.15) is 5.60 Å². The van der Waals surface area contributed by atoms with E-state index in [9.17, 15) is 5.11 Å². The zero-order valence-electron chi connectivity index (χ0n) is 11.4. The molecule has 0 spiro atoms. The van der Waals surface area contributed by atoms with Crippen molar-refractivity contribution in [2.24, 2.45) is 0 Å². The van der Waals surface area contributed by atoms with Gasteiger partial charge in [0.25, 0.3) is 0 Å². The Kier molecular flexibility index (Phi) is 2.95. The van der Waals surface area contributed by atoms with Crippen molar-refractivity contribution in [1.29, 1.82) is 0 Å². The first-order valence-corrected chi connectivity index (χ1v) is 7.11. The molecule has 1 aliphatic carbocycles. The number of benzene rings is 1. The molecule has 1 aromatic carbocycles. The number of nitrogens with zero attached hydrogens (tertiary/aromatic N) is 1. The normalized spacial score (nSPS) is 33.6. The predicted octanol–water partition coefficient (Wildman–Crippen LogP) is 2.87. The SMILES string of the molecule is CC1CC(O)(c2cccc(C3CCC3)c2)CN1C. The van der Waals surface area contributed by atoms with Gasteiger partial charge < -0.3 is 10.0 Å². The highest BCUT2D eigenvalue weighted by atomic mass is 16.3. The van der Waals surface area contributed by atoms with E-state index in [1.165, 1.54) is 24.8 Å². The monoisotopic (exact) mass is 245 g/mol. The van der Waals surface area contributed by atoms with Gasteiger partial charge in [-0.1, -0.05) is 30.7 Å². The topological polar surface area (TPSA) is 23.5 Å². The van der Waals surface area contributed by atoms with Crippen molar-refractivity contribution in [3.63, 3.8) is 0 Å². The van der Waals surface area contributed by atoms with Crippen LogP contribution in [0, 0.1) is 0 Å². The van der Waals surface area contributed by atoms with Crippen LogP contribution in [0.1, 0.15) is 49.7 Å².